The van der Waals surface area contributed by atoms with Gasteiger partial charge in [0.05, 0.1) is 24.0 Å². The smallest absolute Gasteiger partial charge is 0.141 e. The number of ether oxygens (including phenoxy) is 1. The van der Waals surface area contributed by atoms with Gasteiger partial charge in [0.2, 0.25) is 0 Å². The Hall–Kier alpha value is -1.94. The second-order valence-corrected chi connectivity index (χ2v) is 4.52. The van der Waals surface area contributed by atoms with E-state index in [2.05, 4.69) is 4.98 Å². The van der Waals surface area contributed by atoms with Gasteiger partial charge in [-0.1, -0.05) is 12.1 Å². The van der Waals surface area contributed by atoms with Gasteiger partial charge in [-0.25, -0.2) is 4.39 Å². The maximum Gasteiger partial charge on any atom is 0.141 e. The first-order valence-corrected chi connectivity index (χ1v) is 6.18. The second-order valence-electron chi connectivity index (χ2n) is 4.52. The lowest BCUT2D eigenvalue weighted by atomic mass is 9.89. The normalized spacial score (nSPS) is 13.9. The lowest BCUT2D eigenvalue weighted by molar-refractivity contribution is 0.340. The maximum absolute atomic E-state index is 12.9. The van der Waals surface area contributed by atoms with Gasteiger partial charge >= 0.3 is 0 Å². The van der Waals surface area contributed by atoms with Crippen molar-refractivity contribution in [3.63, 3.8) is 0 Å². The van der Waals surface area contributed by atoms with E-state index in [9.17, 15) is 4.39 Å². The summed E-state index contributed by atoms with van der Waals surface area (Å²) in [5, 5.41) is 0. The Morgan fingerprint density at radius 2 is 1.89 bits per heavy atom. The summed E-state index contributed by atoms with van der Waals surface area (Å²) in [5.41, 5.74) is 7.06. The molecule has 4 heteroatoms. The van der Waals surface area contributed by atoms with E-state index < -0.39 is 5.54 Å². The molecule has 2 N–H and O–H groups in total. The molecule has 0 aliphatic carbocycles. The van der Waals surface area contributed by atoms with E-state index in [0.717, 1.165) is 11.3 Å². The first kappa shape index (κ1) is 13.5. The zero-order chi connectivity index (χ0) is 13.9. The molecule has 1 atom stereocenters. The van der Waals surface area contributed by atoms with Crippen LogP contribution in [0.4, 0.5) is 4.39 Å². The fourth-order valence-corrected chi connectivity index (χ4v) is 1.89. The molecule has 0 aliphatic rings. The third-order valence-electron chi connectivity index (χ3n) is 3.02. The number of pyridine rings is 1. The summed E-state index contributed by atoms with van der Waals surface area (Å²) in [6.07, 6.45) is 1.18. The molecule has 0 saturated carbocycles. The monoisotopic (exact) mass is 260 g/mol. The van der Waals surface area contributed by atoms with Crippen LogP contribution in [0.5, 0.6) is 5.75 Å². The summed E-state index contributed by atoms with van der Waals surface area (Å²) in [6, 6.07) is 10.5. The molecular formula is C15H17FN2O. The number of aromatic nitrogens is 1. The SMILES string of the molecule is CCOc1ccc(C(C)(N)c2ccc(F)cn2)cc1. The Kier molecular flexibility index (Phi) is 3.81. The topological polar surface area (TPSA) is 48.1 Å². The van der Waals surface area contributed by atoms with Crippen LogP contribution in [0.2, 0.25) is 0 Å². The minimum atomic E-state index is -0.765. The van der Waals surface area contributed by atoms with Crippen LogP contribution in [-0.2, 0) is 5.54 Å². The van der Waals surface area contributed by atoms with Gasteiger partial charge in [0.15, 0.2) is 0 Å². The molecule has 2 aromatic rings. The Morgan fingerprint density at radius 3 is 2.42 bits per heavy atom. The minimum absolute atomic E-state index is 0.369. The predicted octanol–water partition coefficient (Wildman–Crippen LogP) is 2.84. The van der Waals surface area contributed by atoms with E-state index in [1.807, 2.05) is 38.1 Å². The minimum Gasteiger partial charge on any atom is -0.494 e. The molecular weight excluding hydrogens is 243 g/mol. The molecule has 3 nitrogen and oxygen atoms in total. The molecule has 1 unspecified atom stereocenters. The van der Waals surface area contributed by atoms with Gasteiger partial charge in [-0.15, -0.1) is 0 Å². The van der Waals surface area contributed by atoms with Crippen molar-refractivity contribution >= 4 is 0 Å². The van der Waals surface area contributed by atoms with Crippen LogP contribution < -0.4 is 10.5 Å². The number of benzene rings is 1. The Morgan fingerprint density at radius 1 is 1.21 bits per heavy atom. The molecule has 0 spiro atoms. The molecule has 2 rings (SSSR count). The number of nitrogens with zero attached hydrogens (tertiary/aromatic N) is 1. The van der Waals surface area contributed by atoms with Crippen LogP contribution in [0.25, 0.3) is 0 Å². The van der Waals surface area contributed by atoms with E-state index in [1.165, 1.54) is 12.3 Å². The van der Waals surface area contributed by atoms with Crippen molar-refractivity contribution in [2.45, 2.75) is 19.4 Å². The molecule has 0 fully saturated rings. The standard InChI is InChI=1S/C15H17FN2O/c1-3-19-13-7-4-11(5-8-13)15(2,17)14-9-6-12(16)10-18-14/h4-10H,3,17H2,1-2H3. The summed E-state index contributed by atoms with van der Waals surface area (Å²) < 4.78 is 18.3. The number of halogens is 1. The van der Waals surface area contributed by atoms with E-state index in [4.69, 9.17) is 10.5 Å². The fourth-order valence-electron chi connectivity index (χ4n) is 1.89. The van der Waals surface area contributed by atoms with E-state index >= 15 is 0 Å². The Balaban J connectivity index is 2.30. The van der Waals surface area contributed by atoms with Gasteiger partial charge in [-0.05, 0) is 43.7 Å². The van der Waals surface area contributed by atoms with Crippen molar-refractivity contribution in [1.29, 1.82) is 0 Å². The van der Waals surface area contributed by atoms with E-state index in [0.29, 0.717) is 12.3 Å². The molecule has 0 aliphatic heterocycles. The van der Waals surface area contributed by atoms with Crippen LogP contribution in [0.1, 0.15) is 25.1 Å². The third kappa shape index (κ3) is 2.90. The fraction of sp³-hybridized carbons (Fsp3) is 0.267. The molecule has 0 radical (unpaired) electrons. The van der Waals surface area contributed by atoms with E-state index in [-0.39, 0.29) is 5.82 Å². The number of nitrogens with two attached hydrogens (primary N) is 1. The largest absolute Gasteiger partial charge is 0.494 e. The van der Waals surface area contributed by atoms with Gasteiger partial charge in [-0.3, -0.25) is 4.98 Å². The van der Waals surface area contributed by atoms with Crippen molar-refractivity contribution < 1.29 is 9.13 Å². The lowest BCUT2D eigenvalue weighted by Crippen LogP contribution is -2.35. The van der Waals surface area contributed by atoms with Crippen LogP contribution in [0, 0.1) is 5.82 Å². The average molecular weight is 260 g/mol. The summed E-state index contributed by atoms with van der Waals surface area (Å²) in [5.74, 6) is 0.431. The first-order chi connectivity index (χ1) is 9.04. The van der Waals surface area contributed by atoms with Crippen LogP contribution >= 0.6 is 0 Å². The second kappa shape index (κ2) is 5.36. The highest BCUT2D eigenvalue weighted by atomic mass is 19.1. The lowest BCUT2D eigenvalue weighted by Gasteiger charge is -2.24. The molecule has 19 heavy (non-hydrogen) atoms. The predicted molar refractivity (Wildman–Crippen MR) is 72.4 cm³/mol. The highest BCUT2D eigenvalue weighted by molar-refractivity contribution is 5.36. The van der Waals surface area contributed by atoms with Crippen LogP contribution in [0.3, 0.4) is 0 Å². The van der Waals surface area contributed by atoms with Crippen molar-refractivity contribution in [2.75, 3.05) is 6.61 Å². The quantitative estimate of drug-likeness (QED) is 0.919. The van der Waals surface area contributed by atoms with Gasteiger partial charge in [0.1, 0.15) is 11.6 Å². The number of hydrogen-bond donors (Lipinski definition) is 1. The van der Waals surface area contributed by atoms with Gasteiger partial charge in [-0.2, -0.15) is 0 Å². The van der Waals surface area contributed by atoms with Crippen molar-refractivity contribution in [3.05, 3.63) is 59.7 Å². The van der Waals surface area contributed by atoms with Gasteiger partial charge in [0, 0.05) is 0 Å². The molecule has 1 aromatic heterocycles. The molecule has 1 heterocycles. The zero-order valence-corrected chi connectivity index (χ0v) is 11.1. The number of rotatable bonds is 4. The molecule has 0 amide bonds. The van der Waals surface area contributed by atoms with Gasteiger partial charge < -0.3 is 10.5 Å². The Labute approximate surface area is 112 Å². The van der Waals surface area contributed by atoms with Crippen molar-refractivity contribution in [1.82, 2.24) is 4.98 Å². The molecule has 100 valence electrons. The molecule has 0 bridgehead atoms. The molecule has 0 saturated heterocycles. The van der Waals surface area contributed by atoms with Crippen molar-refractivity contribution in [3.8, 4) is 5.75 Å². The summed E-state index contributed by atoms with van der Waals surface area (Å²) in [6.45, 7) is 4.41. The third-order valence-corrected chi connectivity index (χ3v) is 3.02. The highest BCUT2D eigenvalue weighted by Gasteiger charge is 2.25. The van der Waals surface area contributed by atoms with Crippen LogP contribution in [0.15, 0.2) is 42.6 Å². The number of hydrogen-bond acceptors (Lipinski definition) is 3. The van der Waals surface area contributed by atoms with E-state index in [1.54, 1.807) is 6.07 Å². The Bertz CT molecular complexity index is 535. The van der Waals surface area contributed by atoms with Crippen LogP contribution in [-0.4, -0.2) is 11.6 Å². The first-order valence-electron chi connectivity index (χ1n) is 6.18. The highest BCUT2D eigenvalue weighted by Crippen LogP contribution is 2.26. The summed E-state index contributed by atoms with van der Waals surface area (Å²) >= 11 is 0. The summed E-state index contributed by atoms with van der Waals surface area (Å²) in [7, 11) is 0. The maximum atomic E-state index is 12.9. The van der Waals surface area contributed by atoms with Gasteiger partial charge in [0.25, 0.3) is 0 Å². The molecule has 1 aromatic carbocycles. The summed E-state index contributed by atoms with van der Waals surface area (Å²) in [4.78, 5) is 4.05. The zero-order valence-electron chi connectivity index (χ0n) is 11.1. The van der Waals surface area contributed by atoms with Crippen molar-refractivity contribution in [2.24, 2.45) is 5.73 Å². The average Bonchev–Trinajstić information content (AvgIpc) is 2.40.